The van der Waals surface area contributed by atoms with Crippen LogP contribution >= 0.6 is 0 Å². The second-order valence-electron chi connectivity index (χ2n) is 9.94. The van der Waals surface area contributed by atoms with Crippen molar-refractivity contribution in [3.63, 3.8) is 0 Å². The van der Waals surface area contributed by atoms with Gasteiger partial charge in [-0.1, -0.05) is 12.1 Å². The van der Waals surface area contributed by atoms with Crippen molar-refractivity contribution in [1.29, 1.82) is 0 Å². The average Bonchev–Trinajstić information content (AvgIpc) is 2.90. The van der Waals surface area contributed by atoms with Crippen LogP contribution in [0, 0.1) is 5.82 Å². The van der Waals surface area contributed by atoms with Gasteiger partial charge in [-0.3, -0.25) is 0 Å². The molecule has 0 saturated carbocycles. The molecule has 6 heteroatoms. The van der Waals surface area contributed by atoms with Gasteiger partial charge in [0.25, 0.3) is 0 Å². The Hall–Kier alpha value is -3.25. The smallest absolute Gasteiger partial charge is 0.161 e. The molecule has 190 valence electrons. The lowest BCUT2D eigenvalue weighted by Gasteiger charge is -2.38. The van der Waals surface area contributed by atoms with Crippen molar-refractivity contribution < 1.29 is 23.3 Å². The highest BCUT2D eigenvalue weighted by atomic mass is 19.1. The lowest BCUT2D eigenvalue weighted by molar-refractivity contribution is 0.0507. The Labute approximate surface area is 212 Å². The highest BCUT2D eigenvalue weighted by molar-refractivity contribution is 5.49. The molecule has 0 radical (unpaired) electrons. The van der Waals surface area contributed by atoms with E-state index in [9.17, 15) is 4.39 Å². The van der Waals surface area contributed by atoms with Gasteiger partial charge < -0.3 is 24.3 Å². The van der Waals surface area contributed by atoms with Crippen molar-refractivity contribution in [2.75, 3.05) is 20.8 Å². The summed E-state index contributed by atoms with van der Waals surface area (Å²) >= 11 is 0. The fraction of sp³-hybridized carbons (Fsp3) is 0.400. The van der Waals surface area contributed by atoms with Crippen LogP contribution in [0.15, 0.2) is 54.6 Å². The summed E-state index contributed by atoms with van der Waals surface area (Å²) in [5, 5.41) is 3.69. The van der Waals surface area contributed by atoms with E-state index in [4.69, 9.17) is 18.9 Å². The summed E-state index contributed by atoms with van der Waals surface area (Å²) < 4.78 is 36.7. The fourth-order valence-electron chi connectivity index (χ4n) is 5.26. The topological polar surface area (TPSA) is 49.0 Å². The monoisotopic (exact) mass is 491 g/mol. The van der Waals surface area contributed by atoms with Crippen LogP contribution in [-0.2, 0) is 19.4 Å². The number of benzene rings is 3. The Bertz CT molecular complexity index is 1210. The van der Waals surface area contributed by atoms with Gasteiger partial charge in [0, 0.05) is 6.04 Å². The van der Waals surface area contributed by atoms with Crippen LogP contribution in [0.5, 0.6) is 23.0 Å². The van der Waals surface area contributed by atoms with Gasteiger partial charge in [-0.05, 0) is 110 Å². The summed E-state index contributed by atoms with van der Waals surface area (Å²) in [6, 6.07) is 16.9. The van der Waals surface area contributed by atoms with E-state index in [1.807, 2.05) is 12.1 Å². The average molecular weight is 492 g/mol. The first kappa shape index (κ1) is 24.4. The summed E-state index contributed by atoms with van der Waals surface area (Å²) in [5.41, 5.74) is 4.50. The number of methoxy groups -OCH3 is 2. The van der Waals surface area contributed by atoms with Gasteiger partial charge in [0.15, 0.2) is 11.5 Å². The zero-order valence-corrected chi connectivity index (χ0v) is 21.2. The van der Waals surface area contributed by atoms with Gasteiger partial charge in [-0.2, -0.15) is 0 Å². The summed E-state index contributed by atoms with van der Waals surface area (Å²) in [4.78, 5) is 0. The molecule has 0 aromatic heterocycles. The third-order valence-corrected chi connectivity index (χ3v) is 7.40. The molecule has 0 saturated heterocycles. The number of nitrogens with one attached hydrogen (secondary N) is 1. The summed E-state index contributed by atoms with van der Waals surface area (Å²) in [6.45, 7) is 3.58. The van der Waals surface area contributed by atoms with Crippen LogP contribution in [0.2, 0.25) is 0 Å². The van der Waals surface area contributed by atoms with Crippen molar-refractivity contribution in [3.05, 3.63) is 82.7 Å². The number of hydrogen-bond acceptors (Lipinski definition) is 5. The largest absolute Gasteiger partial charge is 0.493 e. The minimum absolute atomic E-state index is 0.223. The van der Waals surface area contributed by atoms with E-state index in [0.29, 0.717) is 6.61 Å². The Morgan fingerprint density at radius 3 is 2.53 bits per heavy atom. The normalized spacial score (nSPS) is 20.6. The highest BCUT2D eigenvalue weighted by Crippen LogP contribution is 2.41. The molecule has 2 heterocycles. The third-order valence-electron chi connectivity index (χ3n) is 7.40. The predicted octanol–water partition coefficient (Wildman–Crippen LogP) is 6.17. The number of fused-ring (bicyclic) bond motifs is 2. The molecule has 0 spiro atoms. The molecule has 2 atom stereocenters. The van der Waals surface area contributed by atoms with E-state index in [1.54, 1.807) is 26.4 Å². The number of rotatable bonds is 8. The minimum atomic E-state index is -0.240. The summed E-state index contributed by atoms with van der Waals surface area (Å²) in [5.74, 6) is 3.06. The van der Waals surface area contributed by atoms with E-state index in [1.165, 1.54) is 28.8 Å². The number of ether oxygens (including phenoxy) is 4. The van der Waals surface area contributed by atoms with Gasteiger partial charge >= 0.3 is 0 Å². The molecule has 0 amide bonds. The molecule has 2 aliphatic rings. The summed E-state index contributed by atoms with van der Waals surface area (Å²) in [6.07, 6.45) is 4.80. The molecule has 3 aromatic carbocycles. The van der Waals surface area contributed by atoms with E-state index >= 15 is 0 Å². The molecule has 0 fully saturated rings. The third kappa shape index (κ3) is 5.29. The first-order chi connectivity index (χ1) is 17.5. The molecule has 3 aromatic rings. The van der Waals surface area contributed by atoms with Crippen molar-refractivity contribution in [3.8, 4) is 23.0 Å². The van der Waals surface area contributed by atoms with Gasteiger partial charge in [0.1, 0.15) is 29.5 Å². The molecular weight excluding hydrogens is 457 g/mol. The Kier molecular flexibility index (Phi) is 7.06. The van der Waals surface area contributed by atoms with Gasteiger partial charge in [0.05, 0.1) is 14.2 Å². The quantitative estimate of drug-likeness (QED) is 0.408. The van der Waals surface area contributed by atoms with Gasteiger partial charge in [-0.25, -0.2) is 4.39 Å². The lowest BCUT2D eigenvalue weighted by atomic mass is 9.84. The number of hydrogen-bond donors (Lipinski definition) is 1. The zero-order chi connectivity index (χ0) is 25.1. The molecule has 5 rings (SSSR count). The maximum atomic E-state index is 13.1. The van der Waals surface area contributed by atoms with Crippen LogP contribution in [0.3, 0.4) is 0 Å². The van der Waals surface area contributed by atoms with Crippen LogP contribution in [0.25, 0.3) is 0 Å². The molecular formula is C30H34FNO4. The van der Waals surface area contributed by atoms with E-state index in [0.717, 1.165) is 67.2 Å². The second kappa shape index (κ2) is 10.4. The standard InChI is InChI=1S/C30H34FNO4/c1-30(14-11-26-25-18-29(34-3)28(33-2)17-21(25)12-15-32-26)13-10-22-16-24(8-9-27(22)36-30)35-19-20-4-6-23(31)7-5-20/h4-9,16-18,26,32H,10-15,19H2,1-3H3. The van der Waals surface area contributed by atoms with Crippen molar-refractivity contribution in [2.45, 2.75) is 57.3 Å². The van der Waals surface area contributed by atoms with Crippen LogP contribution in [0.1, 0.15) is 54.5 Å². The van der Waals surface area contributed by atoms with E-state index in [2.05, 4.69) is 30.4 Å². The molecule has 5 nitrogen and oxygen atoms in total. The first-order valence-corrected chi connectivity index (χ1v) is 12.6. The van der Waals surface area contributed by atoms with Gasteiger partial charge in [0.2, 0.25) is 0 Å². The van der Waals surface area contributed by atoms with Crippen molar-refractivity contribution in [1.82, 2.24) is 5.32 Å². The van der Waals surface area contributed by atoms with E-state index < -0.39 is 0 Å². The van der Waals surface area contributed by atoms with Crippen LogP contribution in [-0.4, -0.2) is 26.4 Å². The fourth-order valence-corrected chi connectivity index (χ4v) is 5.26. The minimum Gasteiger partial charge on any atom is -0.493 e. The van der Waals surface area contributed by atoms with Crippen molar-refractivity contribution >= 4 is 0 Å². The molecule has 36 heavy (non-hydrogen) atoms. The predicted molar refractivity (Wildman–Crippen MR) is 138 cm³/mol. The lowest BCUT2D eigenvalue weighted by Crippen LogP contribution is -2.38. The van der Waals surface area contributed by atoms with Crippen LogP contribution < -0.4 is 24.3 Å². The van der Waals surface area contributed by atoms with Crippen molar-refractivity contribution in [2.24, 2.45) is 0 Å². The number of aryl methyl sites for hydroxylation is 1. The Morgan fingerprint density at radius 2 is 1.75 bits per heavy atom. The molecule has 1 N–H and O–H groups in total. The Morgan fingerprint density at radius 1 is 0.972 bits per heavy atom. The summed E-state index contributed by atoms with van der Waals surface area (Å²) in [7, 11) is 3.37. The maximum absolute atomic E-state index is 13.1. The molecule has 0 aliphatic carbocycles. The zero-order valence-electron chi connectivity index (χ0n) is 21.2. The highest BCUT2D eigenvalue weighted by Gasteiger charge is 2.33. The SMILES string of the molecule is COc1cc2c(cc1OC)C(CCC1(C)CCc3cc(OCc4ccc(F)cc4)ccc3O1)NCC2. The molecule has 2 unspecified atom stereocenters. The van der Waals surface area contributed by atoms with E-state index in [-0.39, 0.29) is 17.5 Å². The molecule has 0 bridgehead atoms. The molecule has 2 aliphatic heterocycles. The maximum Gasteiger partial charge on any atom is 0.161 e. The second-order valence-corrected chi connectivity index (χ2v) is 9.94. The Balaban J connectivity index is 1.22. The number of halogens is 1. The first-order valence-electron chi connectivity index (χ1n) is 12.6. The van der Waals surface area contributed by atoms with Crippen LogP contribution in [0.4, 0.5) is 4.39 Å². The van der Waals surface area contributed by atoms with Gasteiger partial charge in [-0.15, -0.1) is 0 Å².